The Morgan fingerprint density at radius 1 is 1.53 bits per heavy atom. The predicted molar refractivity (Wildman–Crippen MR) is 68.2 cm³/mol. The van der Waals surface area contributed by atoms with Gasteiger partial charge in [-0.1, -0.05) is 12.1 Å². The highest BCUT2D eigenvalue weighted by Crippen LogP contribution is 2.35. The fourth-order valence-corrected chi connectivity index (χ4v) is 3.28. The average Bonchev–Trinajstić information content (AvgIpc) is 2.34. The summed E-state index contributed by atoms with van der Waals surface area (Å²) < 4.78 is 1.97. The number of nitrogens with zero attached hydrogens (tertiary/aromatic N) is 1. The van der Waals surface area contributed by atoms with Crippen molar-refractivity contribution in [3.63, 3.8) is 0 Å². The standard InChI is InChI=1S/C14H18N2O/c1-2-4-12-11-7-10(8-15-12)13-5-3-6-14(17)16(13)9-11/h2-3,5-6,10-12,15H,1,4,7-9H2/t10-,11-,12+/m1/s1. The number of hydrogen-bond donors (Lipinski definition) is 1. The fourth-order valence-electron chi connectivity index (χ4n) is 3.28. The Morgan fingerprint density at radius 2 is 2.41 bits per heavy atom. The SMILES string of the molecule is C=CC[C@@H]1NC[C@H]2C[C@@H]1Cn1c2cccc1=O. The first-order chi connectivity index (χ1) is 8.29. The van der Waals surface area contributed by atoms with Gasteiger partial charge in [0.15, 0.2) is 0 Å². The van der Waals surface area contributed by atoms with Gasteiger partial charge in [0, 0.05) is 36.8 Å². The number of piperidine rings is 1. The number of hydrogen-bond acceptors (Lipinski definition) is 2. The fraction of sp³-hybridized carbons (Fsp3) is 0.500. The van der Waals surface area contributed by atoms with Crippen molar-refractivity contribution in [2.24, 2.45) is 5.92 Å². The molecule has 90 valence electrons. The molecule has 0 radical (unpaired) electrons. The van der Waals surface area contributed by atoms with Gasteiger partial charge < -0.3 is 9.88 Å². The lowest BCUT2D eigenvalue weighted by Crippen LogP contribution is -2.50. The number of fused-ring (bicyclic) bond motifs is 4. The molecule has 0 aromatic carbocycles. The normalized spacial score (nSPS) is 30.7. The van der Waals surface area contributed by atoms with E-state index in [1.807, 2.05) is 16.7 Å². The lowest BCUT2D eigenvalue weighted by Gasteiger charge is -2.42. The van der Waals surface area contributed by atoms with E-state index in [-0.39, 0.29) is 5.56 Å². The van der Waals surface area contributed by atoms with Gasteiger partial charge in [0.2, 0.25) is 0 Å². The van der Waals surface area contributed by atoms with E-state index in [0.29, 0.717) is 17.9 Å². The van der Waals surface area contributed by atoms with Crippen LogP contribution in [-0.4, -0.2) is 17.2 Å². The Kier molecular flexibility index (Phi) is 2.63. The van der Waals surface area contributed by atoms with Crippen molar-refractivity contribution in [1.82, 2.24) is 9.88 Å². The highest BCUT2D eigenvalue weighted by molar-refractivity contribution is 5.17. The molecule has 17 heavy (non-hydrogen) atoms. The summed E-state index contributed by atoms with van der Waals surface area (Å²) in [7, 11) is 0. The summed E-state index contributed by atoms with van der Waals surface area (Å²) in [6.45, 7) is 5.66. The molecule has 3 rings (SSSR count). The number of rotatable bonds is 2. The van der Waals surface area contributed by atoms with Crippen molar-refractivity contribution in [3.8, 4) is 0 Å². The van der Waals surface area contributed by atoms with Crippen LogP contribution in [0.5, 0.6) is 0 Å². The highest BCUT2D eigenvalue weighted by atomic mass is 16.1. The van der Waals surface area contributed by atoms with E-state index in [1.54, 1.807) is 6.07 Å². The van der Waals surface area contributed by atoms with E-state index < -0.39 is 0 Å². The minimum Gasteiger partial charge on any atom is -0.313 e. The zero-order valence-corrected chi connectivity index (χ0v) is 9.93. The quantitative estimate of drug-likeness (QED) is 0.781. The van der Waals surface area contributed by atoms with Crippen LogP contribution in [0.1, 0.15) is 24.5 Å². The lowest BCUT2D eigenvalue weighted by atomic mass is 9.78. The second kappa shape index (κ2) is 4.15. The second-order valence-electron chi connectivity index (χ2n) is 5.13. The van der Waals surface area contributed by atoms with E-state index in [0.717, 1.165) is 19.5 Å². The zero-order chi connectivity index (χ0) is 11.8. The van der Waals surface area contributed by atoms with E-state index in [1.165, 1.54) is 12.1 Å². The van der Waals surface area contributed by atoms with Crippen LogP contribution in [0.25, 0.3) is 0 Å². The van der Waals surface area contributed by atoms with Gasteiger partial charge in [-0.25, -0.2) is 0 Å². The van der Waals surface area contributed by atoms with Gasteiger partial charge in [0.25, 0.3) is 5.56 Å². The summed E-state index contributed by atoms with van der Waals surface area (Å²) >= 11 is 0. The van der Waals surface area contributed by atoms with E-state index in [4.69, 9.17) is 0 Å². The Bertz CT molecular complexity index is 491. The molecule has 0 saturated carbocycles. The molecule has 1 N–H and O–H groups in total. The van der Waals surface area contributed by atoms with Crippen LogP contribution in [0.4, 0.5) is 0 Å². The third-order valence-electron chi connectivity index (χ3n) is 4.12. The summed E-state index contributed by atoms with van der Waals surface area (Å²) in [6.07, 6.45) is 4.17. The van der Waals surface area contributed by atoms with Gasteiger partial charge >= 0.3 is 0 Å². The molecule has 3 heterocycles. The van der Waals surface area contributed by atoms with Crippen LogP contribution in [0.15, 0.2) is 35.6 Å². The first-order valence-electron chi connectivity index (χ1n) is 6.33. The number of pyridine rings is 1. The first-order valence-corrected chi connectivity index (χ1v) is 6.33. The van der Waals surface area contributed by atoms with Crippen molar-refractivity contribution in [2.45, 2.75) is 31.3 Å². The van der Waals surface area contributed by atoms with Crippen LogP contribution in [0.2, 0.25) is 0 Å². The Balaban J connectivity index is 1.97. The minimum atomic E-state index is 0.149. The van der Waals surface area contributed by atoms with Crippen LogP contribution >= 0.6 is 0 Å². The molecule has 0 spiro atoms. The van der Waals surface area contributed by atoms with Gasteiger partial charge in [0.05, 0.1) is 0 Å². The van der Waals surface area contributed by atoms with Crippen LogP contribution < -0.4 is 10.9 Å². The molecule has 1 aromatic heterocycles. The van der Waals surface area contributed by atoms with Crippen LogP contribution in [-0.2, 0) is 6.54 Å². The van der Waals surface area contributed by atoms with Crippen LogP contribution in [0, 0.1) is 5.92 Å². The Morgan fingerprint density at radius 3 is 3.24 bits per heavy atom. The zero-order valence-electron chi connectivity index (χ0n) is 9.93. The van der Waals surface area contributed by atoms with Gasteiger partial charge in [-0.3, -0.25) is 4.79 Å². The summed E-state index contributed by atoms with van der Waals surface area (Å²) in [5, 5.41) is 3.60. The number of nitrogens with one attached hydrogen (secondary N) is 1. The van der Waals surface area contributed by atoms with Gasteiger partial charge in [-0.05, 0) is 24.8 Å². The van der Waals surface area contributed by atoms with Gasteiger partial charge in [0.1, 0.15) is 0 Å². The van der Waals surface area contributed by atoms with Crippen molar-refractivity contribution >= 4 is 0 Å². The van der Waals surface area contributed by atoms with Crippen molar-refractivity contribution in [2.75, 3.05) is 6.54 Å². The lowest BCUT2D eigenvalue weighted by molar-refractivity contribution is 0.194. The maximum absolute atomic E-state index is 11.9. The molecular formula is C14H18N2O. The summed E-state index contributed by atoms with van der Waals surface area (Å²) in [6, 6.07) is 6.13. The third-order valence-corrected chi connectivity index (χ3v) is 4.12. The maximum atomic E-state index is 11.9. The van der Waals surface area contributed by atoms with Crippen molar-refractivity contribution in [1.29, 1.82) is 0 Å². The van der Waals surface area contributed by atoms with E-state index >= 15 is 0 Å². The topological polar surface area (TPSA) is 34.0 Å². The molecule has 0 aliphatic carbocycles. The molecule has 2 aliphatic heterocycles. The van der Waals surface area contributed by atoms with Gasteiger partial charge in [-0.15, -0.1) is 6.58 Å². The Labute approximate surface area is 101 Å². The molecular weight excluding hydrogens is 212 g/mol. The van der Waals surface area contributed by atoms with Crippen molar-refractivity contribution in [3.05, 3.63) is 46.9 Å². The maximum Gasteiger partial charge on any atom is 0.250 e. The molecule has 2 aliphatic rings. The second-order valence-corrected chi connectivity index (χ2v) is 5.13. The summed E-state index contributed by atoms with van der Waals surface area (Å²) in [4.78, 5) is 11.9. The molecule has 1 saturated heterocycles. The highest BCUT2D eigenvalue weighted by Gasteiger charge is 2.35. The number of aromatic nitrogens is 1. The largest absolute Gasteiger partial charge is 0.313 e. The molecule has 1 aromatic rings. The molecule has 0 unspecified atom stereocenters. The van der Waals surface area contributed by atoms with Gasteiger partial charge in [-0.2, -0.15) is 0 Å². The molecule has 3 nitrogen and oxygen atoms in total. The van der Waals surface area contributed by atoms with Crippen LogP contribution in [0.3, 0.4) is 0 Å². The average molecular weight is 230 g/mol. The molecule has 1 fully saturated rings. The summed E-state index contributed by atoms with van der Waals surface area (Å²) in [5.41, 5.74) is 1.36. The Hall–Kier alpha value is -1.35. The third kappa shape index (κ3) is 1.75. The smallest absolute Gasteiger partial charge is 0.250 e. The minimum absolute atomic E-state index is 0.149. The van der Waals surface area contributed by atoms with E-state index in [9.17, 15) is 4.79 Å². The molecule has 2 bridgehead atoms. The molecule has 3 heteroatoms. The summed E-state index contributed by atoms with van der Waals surface area (Å²) in [5.74, 6) is 1.07. The molecule has 3 atom stereocenters. The predicted octanol–water partition coefficient (Wildman–Crippen LogP) is 1.50. The first kappa shape index (κ1) is 10.8. The monoisotopic (exact) mass is 230 g/mol. The molecule has 0 amide bonds. The van der Waals surface area contributed by atoms with E-state index in [2.05, 4.69) is 18.0 Å². The van der Waals surface area contributed by atoms with Crippen molar-refractivity contribution < 1.29 is 0 Å².